The van der Waals surface area contributed by atoms with E-state index in [-0.39, 0.29) is 18.2 Å². The Bertz CT molecular complexity index is 1010. The highest BCUT2D eigenvalue weighted by Crippen LogP contribution is 2.46. The zero-order valence-corrected chi connectivity index (χ0v) is 16.1. The van der Waals surface area contributed by atoms with Gasteiger partial charge in [-0.15, -0.1) is 0 Å². The molecule has 0 fully saturated rings. The van der Waals surface area contributed by atoms with Crippen LogP contribution in [-0.2, 0) is 9.53 Å². The van der Waals surface area contributed by atoms with Crippen molar-refractivity contribution in [2.45, 2.75) is 19.8 Å². The minimum atomic E-state index is -0.676. The van der Waals surface area contributed by atoms with E-state index in [4.69, 9.17) is 19.9 Å². The summed E-state index contributed by atoms with van der Waals surface area (Å²) in [5, 5.41) is 2.99. The molecule has 9 nitrogen and oxygen atoms in total. The van der Waals surface area contributed by atoms with Crippen LogP contribution in [0.4, 0.5) is 11.6 Å². The average molecular weight is 386 g/mol. The fourth-order valence-corrected chi connectivity index (χ4v) is 3.35. The Hall–Kier alpha value is -3.49. The van der Waals surface area contributed by atoms with Gasteiger partial charge in [0.05, 0.1) is 32.3 Å². The Kier molecular flexibility index (Phi) is 5.25. The van der Waals surface area contributed by atoms with E-state index >= 15 is 0 Å². The molecule has 1 aromatic heterocycles. The molecule has 0 saturated carbocycles. The summed E-state index contributed by atoms with van der Waals surface area (Å²) in [6.45, 7) is 3.66. The molecule has 1 aromatic carbocycles. The lowest BCUT2D eigenvalue weighted by atomic mass is 9.81. The summed E-state index contributed by atoms with van der Waals surface area (Å²) < 4.78 is 16.1. The van der Waals surface area contributed by atoms with Crippen LogP contribution in [0.3, 0.4) is 0 Å². The standard InChI is InChI=1S/C19H22N4O5/c1-5-28-18(24)13-9(2)21-17-15(16(20)22-19(25)23-17)14(13)11-8-10(26-3)6-7-12(11)27-4/h6-8,14H,5H2,1-4H3,(H4,20,21,22,23,25). The number of hydrogen-bond donors (Lipinski definition) is 3. The fourth-order valence-electron chi connectivity index (χ4n) is 3.35. The maximum atomic E-state index is 12.8. The van der Waals surface area contributed by atoms with Gasteiger partial charge in [-0.3, -0.25) is 4.98 Å². The second-order valence-corrected chi connectivity index (χ2v) is 6.14. The zero-order chi connectivity index (χ0) is 20.4. The van der Waals surface area contributed by atoms with Gasteiger partial charge in [0.25, 0.3) is 0 Å². The molecule has 0 bridgehead atoms. The van der Waals surface area contributed by atoms with Gasteiger partial charge >= 0.3 is 11.7 Å². The van der Waals surface area contributed by atoms with E-state index in [2.05, 4.69) is 15.3 Å². The lowest BCUT2D eigenvalue weighted by molar-refractivity contribution is -0.138. The second kappa shape index (κ2) is 7.63. The molecule has 2 aromatic rings. The molecule has 1 atom stereocenters. The van der Waals surface area contributed by atoms with Crippen molar-refractivity contribution >= 4 is 17.6 Å². The minimum Gasteiger partial charge on any atom is -0.497 e. The second-order valence-electron chi connectivity index (χ2n) is 6.14. The first-order valence-corrected chi connectivity index (χ1v) is 8.67. The largest absolute Gasteiger partial charge is 0.497 e. The topological polar surface area (TPSA) is 129 Å². The van der Waals surface area contributed by atoms with E-state index in [1.165, 1.54) is 7.11 Å². The number of methoxy groups -OCH3 is 2. The Labute approximate surface area is 161 Å². The predicted molar refractivity (Wildman–Crippen MR) is 104 cm³/mol. The van der Waals surface area contributed by atoms with E-state index in [1.807, 2.05) is 0 Å². The number of H-pyrrole nitrogens is 1. The van der Waals surface area contributed by atoms with Gasteiger partial charge in [-0.25, -0.2) is 9.59 Å². The van der Waals surface area contributed by atoms with Gasteiger partial charge in [-0.05, 0) is 32.0 Å². The van der Waals surface area contributed by atoms with Gasteiger partial charge < -0.3 is 25.3 Å². The first-order valence-electron chi connectivity index (χ1n) is 8.67. The number of aromatic nitrogens is 2. The number of esters is 1. The highest BCUT2D eigenvalue weighted by Gasteiger charge is 2.37. The Morgan fingerprint density at radius 2 is 2.04 bits per heavy atom. The first-order chi connectivity index (χ1) is 13.4. The van der Waals surface area contributed by atoms with Gasteiger partial charge in [0.2, 0.25) is 0 Å². The van der Waals surface area contributed by atoms with E-state index in [9.17, 15) is 9.59 Å². The van der Waals surface area contributed by atoms with Crippen molar-refractivity contribution in [2.75, 3.05) is 31.9 Å². The van der Waals surface area contributed by atoms with Gasteiger partial charge in [0.15, 0.2) is 0 Å². The molecule has 0 spiro atoms. The van der Waals surface area contributed by atoms with Crippen molar-refractivity contribution in [3.63, 3.8) is 0 Å². The highest BCUT2D eigenvalue weighted by molar-refractivity contribution is 5.95. The number of ether oxygens (including phenoxy) is 3. The molecule has 148 valence electrons. The van der Waals surface area contributed by atoms with Crippen molar-refractivity contribution in [1.82, 2.24) is 9.97 Å². The fraction of sp³-hybridized carbons (Fsp3) is 0.316. The number of nitrogens with zero attached hydrogens (tertiary/aromatic N) is 1. The summed E-state index contributed by atoms with van der Waals surface area (Å²) in [6.07, 6.45) is 0. The smallest absolute Gasteiger partial charge is 0.348 e. The first kappa shape index (κ1) is 19.3. The number of hydrogen-bond acceptors (Lipinski definition) is 8. The van der Waals surface area contributed by atoms with E-state index < -0.39 is 17.6 Å². The van der Waals surface area contributed by atoms with Crippen LogP contribution in [0.25, 0.3) is 0 Å². The quantitative estimate of drug-likeness (QED) is 0.663. The third-order valence-corrected chi connectivity index (χ3v) is 4.53. The van der Waals surface area contributed by atoms with Crippen LogP contribution in [0.1, 0.15) is 30.9 Å². The molecule has 1 unspecified atom stereocenters. The van der Waals surface area contributed by atoms with Crippen LogP contribution < -0.4 is 26.2 Å². The monoisotopic (exact) mass is 386 g/mol. The number of carbonyl (C=O) groups excluding carboxylic acids is 1. The molecule has 3 rings (SSSR count). The normalized spacial score (nSPS) is 15.5. The Morgan fingerprint density at radius 1 is 1.29 bits per heavy atom. The number of rotatable bonds is 5. The number of nitrogen functional groups attached to an aromatic ring is 1. The number of carbonyl (C=O) groups is 1. The summed E-state index contributed by atoms with van der Waals surface area (Å²) in [5.41, 5.74) is 7.49. The number of nitrogens with one attached hydrogen (secondary N) is 2. The van der Waals surface area contributed by atoms with Crippen LogP contribution >= 0.6 is 0 Å². The number of aromatic amines is 1. The molecular weight excluding hydrogens is 364 g/mol. The molecule has 9 heteroatoms. The van der Waals surface area contributed by atoms with Crippen LogP contribution in [0, 0.1) is 0 Å². The molecule has 0 saturated heterocycles. The summed E-state index contributed by atoms with van der Waals surface area (Å²) in [4.78, 5) is 31.1. The van der Waals surface area contributed by atoms with Crippen LogP contribution in [0.2, 0.25) is 0 Å². The SMILES string of the molecule is CCOC(=O)C1=C(C)Nc2nc(=O)[nH]c(N)c2C1c1cc(OC)ccc1OC. The molecule has 1 aliphatic heterocycles. The molecular formula is C19H22N4O5. The molecule has 0 amide bonds. The van der Waals surface area contributed by atoms with Gasteiger partial charge in [0.1, 0.15) is 23.1 Å². The maximum Gasteiger partial charge on any atom is 0.348 e. The van der Waals surface area contributed by atoms with Crippen molar-refractivity contribution < 1.29 is 19.0 Å². The van der Waals surface area contributed by atoms with Crippen molar-refractivity contribution in [3.05, 3.63) is 51.1 Å². The minimum absolute atomic E-state index is 0.103. The van der Waals surface area contributed by atoms with Gasteiger partial charge in [0, 0.05) is 16.8 Å². The summed E-state index contributed by atoms with van der Waals surface area (Å²) in [7, 11) is 3.07. The molecule has 0 radical (unpaired) electrons. The molecule has 1 aliphatic rings. The van der Waals surface area contributed by atoms with Crippen molar-refractivity contribution in [1.29, 1.82) is 0 Å². The number of nitrogens with two attached hydrogens (primary N) is 1. The van der Waals surface area contributed by atoms with Crippen LogP contribution in [0.15, 0.2) is 34.3 Å². The summed E-state index contributed by atoms with van der Waals surface area (Å²) in [6, 6.07) is 5.25. The van der Waals surface area contributed by atoms with Crippen LogP contribution in [0.5, 0.6) is 11.5 Å². The third-order valence-electron chi connectivity index (χ3n) is 4.53. The van der Waals surface area contributed by atoms with E-state index in [0.29, 0.717) is 33.9 Å². The number of benzene rings is 1. The van der Waals surface area contributed by atoms with E-state index in [0.717, 1.165) is 0 Å². The molecule has 2 heterocycles. The predicted octanol–water partition coefficient (Wildman–Crippen LogP) is 1.76. The summed E-state index contributed by atoms with van der Waals surface area (Å²) >= 11 is 0. The van der Waals surface area contributed by atoms with Crippen molar-refractivity contribution in [2.24, 2.45) is 0 Å². The summed E-state index contributed by atoms with van der Waals surface area (Å²) in [5.74, 6) is 0.309. The number of fused-ring (bicyclic) bond motifs is 1. The molecule has 4 N–H and O–H groups in total. The molecule has 0 aliphatic carbocycles. The highest BCUT2D eigenvalue weighted by atomic mass is 16.5. The Morgan fingerprint density at radius 3 is 2.68 bits per heavy atom. The van der Waals surface area contributed by atoms with Crippen LogP contribution in [-0.4, -0.2) is 36.8 Å². The number of anilines is 2. The van der Waals surface area contributed by atoms with Gasteiger partial charge in [-0.2, -0.15) is 4.98 Å². The molecule has 28 heavy (non-hydrogen) atoms. The number of allylic oxidation sites excluding steroid dienone is 1. The van der Waals surface area contributed by atoms with Crippen molar-refractivity contribution in [3.8, 4) is 11.5 Å². The average Bonchev–Trinajstić information content (AvgIpc) is 2.66. The Balaban J connectivity index is 2.34. The van der Waals surface area contributed by atoms with E-state index in [1.54, 1.807) is 39.2 Å². The zero-order valence-electron chi connectivity index (χ0n) is 16.1. The maximum absolute atomic E-state index is 12.8. The van der Waals surface area contributed by atoms with Gasteiger partial charge in [-0.1, -0.05) is 0 Å². The third kappa shape index (κ3) is 3.26. The lowest BCUT2D eigenvalue weighted by Gasteiger charge is -2.30. The lowest BCUT2D eigenvalue weighted by Crippen LogP contribution is -2.29.